The van der Waals surface area contributed by atoms with E-state index >= 15 is 0 Å². The Morgan fingerprint density at radius 1 is 1.28 bits per heavy atom. The van der Waals surface area contributed by atoms with E-state index in [2.05, 4.69) is 20.4 Å². The number of nitrogens with zero attached hydrogens (tertiary/aromatic N) is 4. The maximum Gasteiger partial charge on any atom is 0.274 e. The van der Waals surface area contributed by atoms with E-state index in [-0.39, 0.29) is 11.7 Å². The van der Waals surface area contributed by atoms with E-state index in [4.69, 9.17) is 0 Å². The van der Waals surface area contributed by atoms with Gasteiger partial charge in [-0.1, -0.05) is 23.9 Å². The molecule has 1 N–H and O–H groups in total. The molecule has 0 fully saturated rings. The summed E-state index contributed by atoms with van der Waals surface area (Å²) in [4.78, 5) is 20.8. The van der Waals surface area contributed by atoms with Gasteiger partial charge in [0.05, 0.1) is 18.4 Å². The van der Waals surface area contributed by atoms with Crippen LogP contribution in [0.1, 0.15) is 21.7 Å². The fraction of sp³-hybridized carbons (Fsp3) is 0.176. The first-order valence-corrected chi connectivity index (χ1v) is 8.74. The first kappa shape index (κ1) is 17.1. The molecule has 3 rings (SSSR count). The molecule has 0 atom stereocenters. The van der Waals surface area contributed by atoms with E-state index in [1.807, 2.05) is 13.2 Å². The van der Waals surface area contributed by atoms with Crippen LogP contribution in [0.4, 0.5) is 10.1 Å². The van der Waals surface area contributed by atoms with Gasteiger partial charge in [0.15, 0.2) is 5.16 Å². The van der Waals surface area contributed by atoms with Gasteiger partial charge in [-0.2, -0.15) is 5.10 Å². The van der Waals surface area contributed by atoms with E-state index in [9.17, 15) is 9.18 Å². The summed E-state index contributed by atoms with van der Waals surface area (Å²) >= 11 is 1.38. The number of carbonyl (C=O) groups excluding carboxylic acids is 1. The molecule has 0 aliphatic rings. The summed E-state index contributed by atoms with van der Waals surface area (Å²) in [6.45, 7) is 2.30. The third-order valence-electron chi connectivity index (χ3n) is 3.40. The van der Waals surface area contributed by atoms with Crippen molar-refractivity contribution in [2.24, 2.45) is 0 Å². The molecule has 2 aromatic heterocycles. The molecule has 0 saturated heterocycles. The van der Waals surface area contributed by atoms with Gasteiger partial charge < -0.3 is 5.32 Å². The SMILES string of the molecule is CSc1nc(C)cc(C(=O)Nc2cnn(Cc3ccc(F)cc3)c2)n1. The van der Waals surface area contributed by atoms with Gasteiger partial charge in [0, 0.05) is 11.9 Å². The maximum atomic E-state index is 12.9. The molecule has 0 bridgehead atoms. The molecule has 25 heavy (non-hydrogen) atoms. The second-order valence-corrected chi connectivity index (χ2v) is 6.16. The van der Waals surface area contributed by atoms with Crippen molar-refractivity contribution in [3.05, 3.63) is 65.5 Å². The molecule has 1 amide bonds. The molecule has 128 valence electrons. The first-order valence-electron chi connectivity index (χ1n) is 7.51. The Morgan fingerprint density at radius 2 is 2.04 bits per heavy atom. The molecule has 0 spiro atoms. The molecule has 0 radical (unpaired) electrons. The molecule has 6 nitrogen and oxygen atoms in total. The van der Waals surface area contributed by atoms with Crippen LogP contribution >= 0.6 is 11.8 Å². The van der Waals surface area contributed by atoms with Crippen molar-refractivity contribution >= 4 is 23.4 Å². The highest BCUT2D eigenvalue weighted by Crippen LogP contribution is 2.13. The van der Waals surface area contributed by atoms with Gasteiger partial charge in [0.2, 0.25) is 0 Å². The number of nitrogens with one attached hydrogen (secondary N) is 1. The number of hydrogen-bond acceptors (Lipinski definition) is 5. The van der Waals surface area contributed by atoms with Crippen LogP contribution in [0.2, 0.25) is 0 Å². The minimum Gasteiger partial charge on any atom is -0.318 e. The second-order valence-electron chi connectivity index (χ2n) is 5.39. The molecular weight excluding hydrogens is 341 g/mol. The monoisotopic (exact) mass is 357 g/mol. The number of hydrogen-bond donors (Lipinski definition) is 1. The fourth-order valence-electron chi connectivity index (χ4n) is 2.24. The first-order chi connectivity index (χ1) is 12.0. The standard InChI is InChI=1S/C17H16FN5OS/c1-11-7-15(22-17(20-11)25-2)16(24)21-14-8-19-23(10-14)9-12-3-5-13(18)6-4-12/h3-8,10H,9H2,1-2H3,(H,21,24). The van der Waals surface area contributed by atoms with Crippen molar-refractivity contribution < 1.29 is 9.18 Å². The van der Waals surface area contributed by atoms with Crippen molar-refractivity contribution in [2.75, 3.05) is 11.6 Å². The van der Waals surface area contributed by atoms with Gasteiger partial charge in [0.1, 0.15) is 11.5 Å². The van der Waals surface area contributed by atoms with E-state index in [0.29, 0.717) is 23.1 Å². The van der Waals surface area contributed by atoms with Crippen LogP contribution in [0, 0.1) is 12.7 Å². The van der Waals surface area contributed by atoms with Crippen molar-refractivity contribution in [1.82, 2.24) is 19.7 Å². The van der Waals surface area contributed by atoms with E-state index < -0.39 is 0 Å². The topological polar surface area (TPSA) is 72.7 Å². The van der Waals surface area contributed by atoms with Gasteiger partial charge in [-0.05, 0) is 36.9 Å². The molecule has 0 saturated carbocycles. The van der Waals surface area contributed by atoms with Crippen molar-refractivity contribution in [3.8, 4) is 0 Å². The van der Waals surface area contributed by atoms with Gasteiger partial charge in [-0.15, -0.1) is 0 Å². The number of rotatable bonds is 5. The smallest absolute Gasteiger partial charge is 0.274 e. The minimum absolute atomic E-state index is 0.276. The van der Waals surface area contributed by atoms with Crippen LogP contribution in [0.5, 0.6) is 0 Å². The average Bonchev–Trinajstić information content (AvgIpc) is 3.03. The third-order valence-corrected chi connectivity index (χ3v) is 3.95. The lowest BCUT2D eigenvalue weighted by molar-refractivity contribution is 0.102. The Morgan fingerprint density at radius 3 is 2.76 bits per heavy atom. The number of amides is 1. The number of thioether (sulfide) groups is 1. The van der Waals surface area contributed by atoms with Crippen LogP contribution in [-0.4, -0.2) is 31.9 Å². The van der Waals surface area contributed by atoms with Crippen molar-refractivity contribution in [3.63, 3.8) is 0 Å². The maximum absolute atomic E-state index is 12.9. The lowest BCUT2D eigenvalue weighted by Gasteiger charge is -2.04. The fourth-order valence-corrected chi connectivity index (χ4v) is 2.66. The van der Waals surface area contributed by atoms with Crippen molar-refractivity contribution in [1.29, 1.82) is 0 Å². The zero-order valence-corrected chi connectivity index (χ0v) is 14.5. The summed E-state index contributed by atoms with van der Waals surface area (Å²) in [5.41, 5.74) is 2.52. The number of aryl methyl sites for hydroxylation is 1. The largest absolute Gasteiger partial charge is 0.318 e. The summed E-state index contributed by atoms with van der Waals surface area (Å²) in [5.74, 6) is -0.593. The van der Waals surface area contributed by atoms with Gasteiger partial charge in [-0.25, -0.2) is 14.4 Å². The summed E-state index contributed by atoms with van der Waals surface area (Å²) in [5, 5.41) is 7.53. The van der Waals surface area contributed by atoms with E-state index in [1.54, 1.807) is 35.3 Å². The Hall–Kier alpha value is -2.74. The minimum atomic E-state index is -0.317. The number of carbonyl (C=O) groups is 1. The Labute approximate surface area is 148 Å². The lowest BCUT2D eigenvalue weighted by Crippen LogP contribution is -2.14. The number of aromatic nitrogens is 4. The normalized spacial score (nSPS) is 10.7. The van der Waals surface area contributed by atoms with Gasteiger partial charge in [0.25, 0.3) is 5.91 Å². The Bertz CT molecular complexity index is 894. The highest BCUT2D eigenvalue weighted by molar-refractivity contribution is 7.98. The number of benzene rings is 1. The molecule has 0 unspecified atom stereocenters. The van der Waals surface area contributed by atoms with Crippen LogP contribution in [0.15, 0.2) is 47.9 Å². The summed E-state index contributed by atoms with van der Waals surface area (Å²) in [7, 11) is 0. The van der Waals surface area contributed by atoms with Gasteiger partial charge in [-0.3, -0.25) is 9.48 Å². The van der Waals surface area contributed by atoms with Crippen LogP contribution in [0.25, 0.3) is 0 Å². The summed E-state index contributed by atoms with van der Waals surface area (Å²) in [6.07, 6.45) is 5.13. The molecule has 2 heterocycles. The highest BCUT2D eigenvalue weighted by atomic mass is 32.2. The molecule has 1 aromatic carbocycles. The number of anilines is 1. The Balaban J connectivity index is 1.69. The quantitative estimate of drug-likeness (QED) is 0.561. The molecular formula is C17H16FN5OS. The van der Waals surface area contributed by atoms with Crippen molar-refractivity contribution in [2.45, 2.75) is 18.6 Å². The van der Waals surface area contributed by atoms with Crippen LogP contribution in [0.3, 0.4) is 0 Å². The number of halogens is 1. The molecule has 3 aromatic rings. The third kappa shape index (κ3) is 4.42. The lowest BCUT2D eigenvalue weighted by atomic mass is 10.2. The zero-order chi connectivity index (χ0) is 17.8. The molecule has 8 heteroatoms. The van der Waals surface area contributed by atoms with Gasteiger partial charge >= 0.3 is 0 Å². The van der Waals surface area contributed by atoms with Crippen LogP contribution in [-0.2, 0) is 6.54 Å². The molecule has 0 aliphatic heterocycles. The summed E-state index contributed by atoms with van der Waals surface area (Å²) in [6, 6.07) is 7.84. The second kappa shape index (κ2) is 7.43. The highest BCUT2D eigenvalue weighted by Gasteiger charge is 2.12. The molecule has 0 aliphatic carbocycles. The predicted molar refractivity (Wildman–Crippen MR) is 94.2 cm³/mol. The average molecular weight is 357 g/mol. The predicted octanol–water partition coefficient (Wildman–Crippen LogP) is 3.14. The zero-order valence-electron chi connectivity index (χ0n) is 13.7. The van der Waals surface area contributed by atoms with E-state index in [1.165, 1.54) is 23.9 Å². The van der Waals surface area contributed by atoms with E-state index in [0.717, 1.165) is 11.3 Å². The summed E-state index contributed by atoms with van der Waals surface area (Å²) < 4.78 is 14.6. The van der Waals surface area contributed by atoms with Crippen LogP contribution < -0.4 is 5.32 Å². The Kier molecular flexibility index (Phi) is 5.08.